The first-order chi connectivity index (χ1) is 9.13. The largest absolute Gasteiger partial charge is 0.496 e. The summed E-state index contributed by atoms with van der Waals surface area (Å²) < 4.78 is 5.00. The molecule has 0 radical (unpaired) electrons. The van der Waals surface area contributed by atoms with E-state index in [-0.39, 0.29) is 17.1 Å². The molecule has 0 spiro atoms. The summed E-state index contributed by atoms with van der Waals surface area (Å²) in [6.45, 7) is 0. The zero-order valence-corrected chi connectivity index (χ0v) is 10.3. The summed E-state index contributed by atoms with van der Waals surface area (Å²) in [5.74, 6) is -1.08. The molecule has 0 saturated carbocycles. The van der Waals surface area contributed by atoms with Crippen LogP contribution in [0.1, 0.15) is 26.3 Å². The molecule has 0 aliphatic carbocycles. The highest BCUT2D eigenvalue weighted by atomic mass is 16.5. The van der Waals surface area contributed by atoms with Gasteiger partial charge in [0.15, 0.2) is 5.78 Å². The molecule has 2 rings (SSSR count). The van der Waals surface area contributed by atoms with Crippen LogP contribution in [0.4, 0.5) is 0 Å². The molecule has 0 aliphatic rings. The average molecular weight is 256 g/mol. The number of hydrogen-bond acceptors (Lipinski definition) is 3. The van der Waals surface area contributed by atoms with Gasteiger partial charge < -0.3 is 9.84 Å². The summed E-state index contributed by atoms with van der Waals surface area (Å²) in [6, 6.07) is 13.1. The Kier molecular flexibility index (Phi) is 3.61. The molecule has 0 heterocycles. The predicted octanol–water partition coefficient (Wildman–Crippen LogP) is 2.62. The van der Waals surface area contributed by atoms with Crippen molar-refractivity contribution in [3.63, 3.8) is 0 Å². The number of carboxylic acids is 1. The normalized spacial score (nSPS) is 9.95. The van der Waals surface area contributed by atoms with Crippen LogP contribution in [0.2, 0.25) is 0 Å². The van der Waals surface area contributed by atoms with E-state index in [4.69, 9.17) is 9.84 Å². The standard InChI is InChI=1S/C15H12O4/c1-19-13-9-11(7-8-12(13)15(17)18)14(16)10-5-3-2-4-6-10/h2-9H,1H3,(H,17,18). The van der Waals surface area contributed by atoms with Crippen LogP contribution in [-0.4, -0.2) is 24.0 Å². The van der Waals surface area contributed by atoms with Crippen LogP contribution in [0, 0.1) is 0 Å². The Balaban J connectivity index is 2.42. The van der Waals surface area contributed by atoms with E-state index >= 15 is 0 Å². The van der Waals surface area contributed by atoms with E-state index in [0.29, 0.717) is 11.1 Å². The average Bonchev–Trinajstić information content (AvgIpc) is 2.46. The summed E-state index contributed by atoms with van der Waals surface area (Å²) in [7, 11) is 1.37. The molecule has 4 heteroatoms. The maximum absolute atomic E-state index is 12.2. The molecule has 0 fully saturated rings. The fourth-order valence-electron chi connectivity index (χ4n) is 1.77. The van der Waals surface area contributed by atoms with Crippen molar-refractivity contribution >= 4 is 11.8 Å². The summed E-state index contributed by atoms with van der Waals surface area (Å²) in [4.78, 5) is 23.2. The van der Waals surface area contributed by atoms with E-state index < -0.39 is 5.97 Å². The minimum absolute atomic E-state index is 0.0344. The van der Waals surface area contributed by atoms with Crippen molar-refractivity contribution in [3.05, 3.63) is 65.2 Å². The van der Waals surface area contributed by atoms with Crippen LogP contribution in [0.3, 0.4) is 0 Å². The smallest absolute Gasteiger partial charge is 0.339 e. The Hall–Kier alpha value is -2.62. The molecule has 0 aliphatic heterocycles. The van der Waals surface area contributed by atoms with E-state index in [9.17, 15) is 9.59 Å². The number of carbonyl (C=O) groups is 2. The molecule has 19 heavy (non-hydrogen) atoms. The molecule has 2 aromatic carbocycles. The highest BCUT2D eigenvalue weighted by molar-refractivity contribution is 6.09. The molecular weight excluding hydrogens is 244 g/mol. The molecular formula is C15H12O4. The van der Waals surface area contributed by atoms with Gasteiger partial charge in [-0.05, 0) is 18.2 Å². The Morgan fingerprint density at radius 1 is 1.00 bits per heavy atom. The second kappa shape index (κ2) is 5.35. The number of hydrogen-bond donors (Lipinski definition) is 1. The second-order valence-electron chi connectivity index (χ2n) is 3.92. The first-order valence-electron chi connectivity index (χ1n) is 5.64. The Labute approximate surface area is 110 Å². The molecule has 0 unspecified atom stereocenters. The molecule has 4 nitrogen and oxygen atoms in total. The van der Waals surface area contributed by atoms with Crippen molar-refractivity contribution in [2.45, 2.75) is 0 Å². The van der Waals surface area contributed by atoms with Crippen LogP contribution in [0.5, 0.6) is 5.75 Å². The first-order valence-corrected chi connectivity index (χ1v) is 5.64. The van der Waals surface area contributed by atoms with E-state index in [1.54, 1.807) is 24.3 Å². The molecule has 0 atom stereocenters. The van der Waals surface area contributed by atoms with E-state index in [1.165, 1.54) is 25.3 Å². The Morgan fingerprint density at radius 3 is 2.26 bits per heavy atom. The maximum atomic E-state index is 12.2. The van der Waals surface area contributed by atoms with Gasteiger partial charge in [0.1, 0.15) is 11.3 Å². The molecule has 0 amide bonds. The quantitative estimate of drug-likeness (QED) is 0.854. The number of carbonyl (C=O) groups excluding carboxylic acids is 1. The lowest BCUT2D eigenvalue weighted by Gasteiger charge is -2.07. The Morgan fingerprint density at radius 2 is 1.68 bits per heavy atom. The van der Waals surface area contributed by atoms with Crippen molar-refractivity contribution in [3.8, 4) is 5.75 Å². The predicted molar refractivity (Wildman–Crippen MR) is 69.8 cm³/mol. The van der Waals surface area contributed by atoms with Gasteiger partial charge in [0, 0.05) is 11.1 Å². The number of ketones is 1. The zero-order valence-electron chi connectivity index (χ0n) is 10.3. The third kappa shape index (κ3) is 2.63. The van der Waals surface area contributed by atoms with E-state index in [1.807, 2.05) is 6.07 Å². The van der Waals surface area contributed by atoms with Crippen LogP contribution >= 0.6 is 0 Å². The fraction of sp³-hybridized carbons (Fsp3) is 0.0667. The van der Waals surface area contributed by atoms with Crippen LogP contribution < -0.4 is 4.74 Å². The summed E-state index contributed by atoms with van der Waals surface area (Å²) in [5.41, 5.74) is 0.979. The van der Waals surface area contributed by atoms with Crippen molar-refractivity contribution in [1.29, 1.82) is 0 Å². The number of carboxylic acid groups (broad SMARTS) is 1. The van der Waals surface area contributed by atoms with Gasteiger partial charge in [0.05, 0.1) is 7.11 Å². The second-order valence-corrected chi connectivity index (χ2v) is 3.92. The first kappa shape index (κ1) is 12.8. The van der Waals surface area contributed by atoms with Gasteiger partial charge in [-0.3, -0.25) is 4.79 Å². The molecule has 2 aromatic rings. The molecule has 0 aromatic heterocycles. The lowest BCUT2D eigenvalue weighted by molar-refractivity contribution is 0.0693. The van der Waals surface area contributed by atoms with E-state index in [0.717, 1.165) is 0 Å². The molecule has 0 saturated heterocycles. The van der Waals surface area contributed by atoms with Crippen molar-refractivity contribution < 1.29 is 19.4 Å². The van der Waals surface area contributed by atoms with Gasteiger partial charge in [-0.25, -0.2) is 4.79 Å². The van der Waals surface area contributed by atoms with Crippen LogP contribution in [0.25, 0.3) is 0 Å². The number of aromatic carboxylic acids is 1. The number of rotatable bonds is 4. The van der Waals surface area contributed by atoms with Crippen LogP contribution in [0.15, 0.2) is 48.5 Å². The van der Waals surface area contributed by atoms with Crippen molar-refractivity contribution in [2.24, 2.45) is 0 Å². The van der Waals surface area contributed by atoms with Crippen molar-refractivity contribution in [2.75, 3.05) is 7.11 Å². The van der Waals surface area contributed by atoms with Gasteiger partial charge in [-0.2, -0.15) is 0 Å². The zero-order chi connectivity index (χ0) is 13.8. The monoisotopic (exact) mass is 256 g/mol. The fourth-order valence-corrected chi connectivity index (χ4v) is 1.77. The molecule has 96 valence electrons. The van der Waals surface area contributed by atoms with Crippen LogP contribution in [-0.2, 0) is 0 Å². The minimum atomic E-state index is -1.09. The number of ether oxygens (including phenoxy) is 1. The summed E-state index contributed by atoms with van der Waals surface area (Å²) >= 11 is 0. The third-order valence-corrected chi connectivity index (χ3v) is 2.73. The van der Waals surface area contributed by atoms with E-state index in [2.05, 4.69) is 0 Å². The summed E-state index contributed by atoms with van der Waals surface area (Å²) in [5, 5.41) is 8.98. The molecule has 1 N–H and O–H groups in total. The van der Waals surface area contributed by atoms with Gasteiger partial charge >= 0.3 is 5.97 Å². The molecule has 0 bridgehead atoms. The SMILES string of the molecule is COc1cc(C(=O)c2ccccc2)ccc1C(=O)O. The van der Waals surface area contributed by atoms with Gasteiger partial charge in [0.25, 0.3) is 0 Å². The van der Waals surface area contributed by atoms with Gasteiger partial charge in [-0.15, -0.1) is 0 Å². The van der Waals surface area contributed by atoms with Gasteiger partial charge in [0.2, 0.25) is 0 Å². The summed E-state index contributed by atoms with van der Waals surface area (Å²) in [6.07, 6.45) is 0. The van der Waals surface area contributed by atoms with Crippen molar-refractivity contribution in [1.82, 2.24) is 0 Å². The van der Waals surface area contributed by atoms with Gasteiger partial charge in [-0.1, -0.05) is 30.3 Å². The highest BCUT2D eigenvalue weighted by Gasteiger charge is 2.15. The topological polar surface area (TPSA) is 63.6 Å². The lowest BCUT2D eigenvalue weighted by Crippen LogP contribution is -2.05. The third-order valence-electron chi connectivity index (χ3n) is 2.73. The number of benzene rings is 2. The highest BCUT2D eigenvalue weighted by Crippen LogP contribution is 2.22. The maximum Gasteiger partial charge on any atom is 0.339 e. The minimum Gasteiger partial charge on any atom is -0.496 e. The number of methoxy groups -OCH3 is 1. The lowest BCUT2D eigenvalue weighted by atomic mass is 10.0. The Bertz CT molecular complexity index is 617.